The van der Waals surface area contributed by atoms with Gasteiger partial charge in [-0.05, 0) is 19.3 Å². The third-order valence-electron chi connectivity index (χ3n) is 4.56. The summed E-state index contributed by atoms with van der Waals surface area (Å²) in [6.07, 6.45) is 3.10. The second-order valence-electron chi connectivity index (χ2n) is 7.74. The Balaban J connectivity index is 0. The van der Waals surface area contributed by atoms with Crippen molar-refractivity contribution in [2.45, 2.75) is 53.9 Å². The molecule has 0 amide bonds. The van der Waals surface area contributed by atoms with Crippen molar-refractivity contribution < 1.29 is 37.9 Å². The summed E-state index contributed by atoms with van der Waals surface area (Å²) in [5, 5.41) is 0. The van der Waals surface area contributed by atoms with Crippen molar-refractivity contribution in [3.8, 4) is 0 Å². The molecule has 9 heteroatoms. The quantitative estimate of drug-likeness (QED) is 0.131. The molecule has 0 atom stereocenters. The molecule has 0 unspecified atom stereocenters. The van der Waals surface area contributed by atoms with E-state index in [4.69, 9.17) is 37.9 Å². The van der Waals surface area contributed by atoms with Crippen LogP contribution in [0.3, 0.4) is 0 Å². The van der Waals surface area contributed by atoms with Crippen LogP contribution in [-0.4, -0.2) is 130 Å². The van der Waals surface area contributed by atoms with Gasteiger partial charge in [0.25, 0.3) is 0 Å². The Morgan fingerprint density at radius 1 is 0.306 bits per heavy atom. The van der Waals surface area contributed by atoms with E-state index in [1.54, 1.807) is 0 Å². The summed E-state index contributed by atoms with van der Waals surface area (Å²) in [6, 6.07) is 0. The van der Waals surface area contributed by atoms with Crippen molar-refractivity contribution in [1.29, 1.82) is 0 Å². The molecule has 0 bridgehead atoms. The molecular weight excluding hydrogens is 466 g/mol. The van der Waals surface area contributed by atoms with Gasteiger partial charge in [-0.1, -0.05) is 34.6 Å². The minimum atomic E-state index is 0.586. The highest BCUT2D eigenvalue weighted by Crippen LogP contribution is 1.93. The van der Waals surface area contributed by atoms with Crippen molar-refractivity contribution in [2.24, 2.45) is 0 Å². The predicted molar refractivity (Wildman–Crippen MR) is 145 cm³/mol. The minimum Gasteiger partial charge on any atom is -0.379 e. The van der Waals surface area contributed by atoms with E-state index in [9.17, 15) is 0 Å². The number of hydrogen-bond acceptors (Lipinski definition) is 9. The van der Waals surface area contributed by atoms with Crippen LogP contribution in [0.2, 0.25) is 0 Å². The fraction of sp³-hybridized carbons (Fsp3) is 1.00. The van der Waals surface area contributed by atoms with Crippen LogP contribution >= 0.6 is 0 Å². The molecule has 0 heterocycles. The molecule has 0 rings (SSSR count). The van der Waals surface area contributed by atoms with E-state index in [0.717, 1.165) is 58.7 Å². The lowest BCUT2D eigenvalue weighted by Gasteiger charge is -2.22. The van der Waals surface area contributed by atoms with Gasteiger partial charge in [-0.25, -0.2) is 0 Å². The third-order valence-corrected chi connectivity index (χ3v) is 4.56. The Bertz CT molecular complexity index is 343. The molecule has 0 aliphatic carbocycles. The normalized spacial score (nSPS) is 11.2. The van der Waals surface area contributed by atoms with E-state index in [1.165, 1.54) is 0 Å². The Morgan fingerprint density at radius 2 is 0.500 bits per heavy atom. The van der Waals surface area contributed by atoms with Gasteiger partial charge in [0.1, 0.15) is 0 Å². The van der Waals surface area contributed by atoms with Gasteiger partial charge in [0, 0.05) is 39.5 Å². The highest BCUT2D eigenvalue weighted by atomic mass is 16.6. The molecule has 9 nitrogen and oxygen atoms in total. The van der Waals surface area contributed by atoms with Crippen LogP contribution in [0, 0.1) is 0 Å². The average Bonchev–Trinajstić information content (AvgIpc) is 2.90. The van der Waals surface area contributed by atoms with E-state index in [-0.39, 0.29) is 0 Å². The fourth-order valence-corrected chi connectivity index (χ4v) is 2.76. The number of rotatable bonds is 30. The van der Waals surface area contributed by atoms with E-state index < -0.39 is 0 Å². The van der Waals surface area contributed by atoms with Crippen LogP contribution in [0.4, 0.5) is 0 Å². The van der Waals surface area contributed by atoms with Crippen molar-refractivity contribution >= 4 is 0 Å². The number of nitrogens with zero attached hydrogens (tertiary/aromatic N) is 1. The molecule has 0 saturated carbocycles. The lowest BCUT2D eigenvalue weighted by Crippen LogP contribution is -2.34. The van der Waals surface area contributed by atoms with Crippen LogP contribution in [0.15, 0.2) is 0 Å². The maximum atomic E-state index is 5.72. The molecule has 0 aromatic heterocycles. The average molecular weight is 526 g/mol. The van der Waals surface area contributed by atoms with Crippen LogP contribution in [0.25, 0.3) is 0 Å². The third kappa shape index (κ3) is 33.6. The Morgan fingerprint density at radius 3 is 0.722 bits per heavy atom. The zero-order chi connectivity index (χ0) is 26.8. The van der Waals surface area contributed by atoms with Gasteiger partial charge in [0.15, 0.2) is 0 Å². The first-order valence-electron chi connectivity index (χ1n) is 14.2. The topological polar surface area (TPSA) is 77.1 Å². The lowest BCUT2D eigenvalue weighted by atomic mass is 10.4. The Kier molecular flexibility index (Phi) is 38.6. The van der Waals surface area contributed by atoms with Gasteiger partial charge in [-0.2, -0.15) is 0 Å². The maximum absolute atomic E-state index is 5.72. The first-order valence-corrected chi connectivity index (χ1v) is 14.2. The largest absolute Gasteiger partial charge is 0.379 e. The molecule has 36 heavy (non-hydrogen) atoms. The molecular formula is C27H59NO8. The summed E-state index contributed by atoms with van der Waals surface area (Å²) in [6.45, 7) is 23.2. The van der Waals surface area contributed by atoms with Crippen LogP contribution in [0.5, 0.6) is 0 Å². The van der Waals surface area contributed by atoms with Gasteiger partial charge < -0.3 is 37.9 Å². The van der Waals surface area contributed by atoms with Crippen molar-refractivity contribution in [3.05, 3.63) is 0 Å². The van der Waals surface area contributed by atoms with Crippen molar-refractivity contribution in [2.75, 3.05) is 125 Å². The molecule has 0 aromatic rings. The van der Waals surface area contributed by atoms with Gasteiger partial charge in [-0.15, -0.1) is 0 Å². The van der Waals surface area contributed by atoms with E-state index in [1.807, 2.05) is 13.8 Å². The standard InChI is InChI=1S/C25H53NO8.C2H6/c1-4-10-27-16-19-30-13-7-26(8-14-31-20-24-33-22-17-28-11-5-2)9-15-32-21-25-34-23-18-29-12-6-3;1-2/h4-25H2,1-3H3;1-2H3. The summed E-state index contributed by atoms with van der Waals surface area (Å²) >= 11 is 0. The SMILES string of the molecule is CC.CCCOCCOCCOCCN(CCOCCOCCC)CCOCCOCCOCCC. The first kappa shape index (κ1) is 37.8. The molecule has 0 aromatic carbocycles. The maximum Gasteiger partial charge on any atom is 0.0701 e. The Labute approximate surface area is 222 Å². The molecule has 0 saturated heterocycles. The second-order valence-corrected chi connectivity index (χ2v) is 7.74. The molecule has 0 spiro atoms. The highest BCUT2D eigenvalue weighted by molar-refractivity contribution is 4.57. The summed E-state index contributed by atoms with van der Waals surface area (Å²) < 4.78 is 44.4. The van der Waals surface area contributed by atoms with Crippen molar-refractivity contribution in [1.82, 2.24) is 4.90 Å². The number of ether oxygens (including phenoxy) is 8. The zero-order valence-corrected chi connectivity index (χ0v) is 24.3. The van der Waals surface area contributed by atoms with Crippen LogP contribution in [-0.2, 0) is 37.9 Å². The predicted octanol–water partition coefficient (Wildman–Crippen LogP) is 3.68. The van der Waals surface area contributed by atoms with Crippen molar-refractivity contribution in [3.63, 3.8) is 0 Å². The van der Waals surface area contributed by atoms with Gasteiger partial charge in [-0.3, -0.25) is 4.90 Å². The first-order chi connectivity index (χ1) is 17.8. The molecule has 220 valence electrons. The lowest BCUT2D eigenvalue weighted by molar-refractivity contribution is -0.00275. The van der Waals surface area contributed by atoms with Crippen LogP contribution < -0.4 is 0 Å². The highest BCUT2D eigenvalue weighted by Gasteiger charge is 2.06. The van der Waals surface area contributed by atoms with Gasteiger partial charge >= 0.3 is 0 Å². The minimum absolute atomic E-state index is 0.586. The molecule has 0 aliphatic rings. The summed E-state index contributed by atoms with van der Waals surface area (Å²) in [5.41, 5.74) is 0. The van der Waals surface area contributed by atoms with E-state index in [2.05, 4.69) is 25.7 Å². The van der Waals surface area contributed by atoms with E-state index >= 15 is 0 Å². The monoisotopic (exact) mass is 525 g/mol. The Hall–Kier alpha value is -0.360. The number of hydrogen-bond donors (Lipinski definition) is 0. The smallest absolute Gasteiger partial charge is 0.0701 e. The molecule has 0 aliphatic heterocycles. The van der Waals surface area contributed by atoms with Gasteiger partial charge in [0.05, 0.1) is 85.9 Å². The molecule has 0 fully saturated rings. The molecule has 0 radical (unpaired) electrons. The summed E-state index contributed by atoms with van der Waals surface area (Å²) in [5.74, 6) is 0. The zero-order valence-electron chi connectivity index (χ0n) is 24.3. The summed E-state index contributed by atoms with van der Waals surface area (Å²) in [7, 11) is 0. The van der Waals surface area contributed by atoms with Crippen LogP contribution in [0.1, 0.15) is 53.9 Å². The fourth-order valence-electron chi connectivity index (χ4n) is 2.76. The second kappa shape index (κ2) is 36.8. The molecule has 0 N–H and O–H groups in total. The van der Waals surface area contributed by atoms with Gasteiger partial charge in [0.2, 0.25) is 0 Å². The summed E-state index contributed by atoms with van der Waals surface area (Å²) in [4.78, 5) is 2.30. The van der Waals surface area contributed by atoms with E-state index in [0.29, 0.717) is 85.9 Å².